The lowest BCUT2D eigenvalue weighted by Crippen LogP contribution is -2.41. The van der Waals surface area contributed by atoms with Gasteiger partial charge >= 0.3 is 12.2 Å². The Hall–Kier alpha value is -1.76. The minimum absolute atomic E-state index is 0.0116. The van der Waals surface area contributed by atoms with E-state index in [-0.39, 0.29) is 24.2 Å². The summed E-state index contributed by atoms with van der Waals surface area (Å²) in [6.07, 6.45) is -0.901. The van der Waals surface area contributed by atoms with E-state index in [1.54, 1.807) is 11.0 Å². The van der Waals surface area contributed by atoms with Gasteiger partial charge in [-0.25, -0.2) is 4.79 Å². The summed E-state index contributed by atoms with van der Waals surface area (Å²) in [6, 6.07) is 5.74. The molecule has 1 N–H and O–H groups in total. The molecule has 152 valence electrons. The number of halogens is 3. The Morgan fingerprint density at radius 2 is 1.89 bits per heavy atom. The van der Waals surface area contributed by atoms with E-state index in [1.165, 1.54) is 12.1 Å². The Balaban J connectivity index is 1.88. The Bertz CT molecular complexity index is 615. The van der Waals surface area contributed by atoms with Crippen LogP contribution in [0.3, 0.4) is 0 Å². The maximum atomic E-state index is 13.2. The van der Waals surface area contributed by atoms with Crippen LogP contribution in [0, 0.1) is 0 Å². The molecule has 1 aromatic carbocycles. The first-order valence-electron chi connectivity index (χ1n) is 9.60. The Morgan fingerprint density at radius 3 is 2.48 bits per heavy atom. The van der Waals surface area contributed by atoms with Crippen LogP contribution in [0.5, 0.6) is 0 Å². The van der Waals surface area contributed by atoms with E-state index in [2.05, 4.69) is 31.1 Å². The summed E-state index contributed by atoms with van der Waals surface area (Å²) in [4.78, 5) is 16.3. The number of hydrogen-bond acceptors (Lipinski definition) is 2. The lowest BCUT2D eigenvalue weighted by atomic mass is 10.1. The maximum Gasteiger partial charge on any atom is 0.416 e. The van der Waals surface area contributed by atoms with Crippen molar-refractivity contribution in [2.24, 2.45) is 0 Å². The summed E-state index contributed by atoms with van der Waals surface area (Å²) in [5.41, 5.74) is -0.522. The molecule has 0 unspecified atom stereocenters. The van der Waals surface area contributed by atoms with Gasteiger partial charge in [-0.1, -0.05) is 18.2 Å². The molecule has 1 aliphatic rings. The molecule has 2 amide bonds. The molecule has 7 heteroatoms. The molecule has 0 aliphatic heterocycles. The number of nitrogens with one attached hydrogen (secondary N) is 1. The van der Waals surface area contributed by atoms with Gasteiger partial charge in [-0.2, -0.15) is 13.2 Å². The summed E-state index contributed by atoms with van der Waals surface area (Å²) in [5.74, 6) is 0. The first kappa shape index (κ1) is 21.5. The van der Waals surface area contributed by atoms with Crippen LogP contribution in [0.2, 0.25) is 0 Å². The van der Waals surface area contributed by atoms with Gasteiger partial charge in [-0.15, -0.1) is 0 Å². The van der Waals surface area contributed by atoms with Crippen molar-refractivity contribution in [2.75, 3.05) is 20.1 Å². The monoisotopic (exact) mass is 385 g/mol. The van der Waals surface area contributed by atoms with Crippen molar-refractivity contribution < 1.29 is 18.0 Å². The normalized spacial score (nSPS) is 14.7. The lowest BCUT2D eigenvalue weighted by Gasteiger charge is -2.25. The highest BCUT2D eigenvalue weighted by molar-refractivity contribution is 5.75. The second-order valence-corrected chi connectivity index (χ2v) is 7.53. The summed E-state index contributed by atoms with van der Waals surface area (Å²) in [7, 11) is 2.07. The fraction of sp³-hybridized carbons (Fsp3) is 0.650. The fourth-order valence-electron chi connectivity index (χ4n) is 2.91. The molecule has 2 rings (SSSR count). The topological polar surface area (TPSA) is 35.6 Å². The number of nitrogens with zero attached hydrogens (tertiary/aromatic N) is 2. The SMILES string of the molecule is CC(C)N(C)CCCCNC(=O)N(Cc1ccccc1C(F)(F)F)C1CC1. The highest BCUT2D eigenvalue weighted by Crippen LogP contribution is 2.34. The van der Waals surface area contributed by atoms with Crippen LogP contribution in [0.15, 0.2) is 24.3 Å². The number of carbonyl (C=O) groups excluding carboxylic acids is 1. The van der Waals surface area contributed by atoms with Crippen LogP contribution in [0.1, 0.15) is 50.7 Å². The molecule has 0 saturated heterocycles. The number of unbranched alkanes of at least 4 members (excludes halogenated alkanes) is 1. The minimum Gasteiger partial charge on any atom is -0.338 e. The Morgan fingerprint density at radius 1 is 1.22 bits per heavy atom. The van der Waals surface area contributed by atoms with Gasteiger partial charge in [-0.3, -0.25) is 0 Å². The molecule has 4 nitrogen and oxygen atoms in total. The number of carbonyl (C=O) groups is 1. The van der Waals surface area contributed by atoms with E-state index in [9.17, 15) is 18.0 Å². The predicted octanol–water partition coefficient (Wildman–Crippen LogP) is 4.50. The minimum atomic E-state index is -4.41. The fourth-order valence-corrected chi connectivity index (χ4v) is 2.91. The molecule has 1 aliphatic carbocycles. The smallest absolute Gasteiger partial charge is 0.338 e. The molecule has 0 spiro atoms. The van der Waals surface area contributed by atoms with Crippen molar-refractivity contribution in [1.29, 1.82) is 0 Å². The second-order valence-electron chi connectivity index (χ2n) is 7.53. The quantitative estimate of drug-likeness (QED) is 0.636. The van der Waals surface area contributed by atoms with Crippen molar-refractivity contribution in [1.82, 2.24) is 15.1 Å². The van der Waals surface area contributed by atoms with E-state index in [0.717, 1.165) is 38.3 Å². The van der Waals surface area contributed by atoms with E-state index in [4.69, 9.17) is 0 Å². The molecule has 27 heavy (non-hydrogen) atoms. The molecule has 0 atom stereocenters. The third-order valence-corrected chi connectivity index (χ3v) is 5.01. The van der Waals surface area contributed by atoms with E-state index >= 15 is 0 Å². The largest absolute Gasteiger partial charge is 0.416 e. The molecule has 1 saturated carbocycles. The number of rotatable bonds is 9. The number of amides is 2. The second kappa shape index (κ2) is 9.44. The van der Waals surface area contributed by atoms with Gasteiger partial charge in [-0.05, 0) is 64.8 Å². The maximum absolute atomic E-state index is 13.2. The molecule has 0 heterocycles. The van der Waals surface area contributed by atoms with Crippen molar-refractivity contribution in [3.8, 4) is 0 Å². The zero-order valence-corrected chi connectivity index (χ0v) is 16.4. The van der Waals surface area contributed by atoms with Crippen molar-refractivity contribution in [3.63, 3.8) is 0 Å². The first-order valence-corrected chi connectivity index (χ1v) is 9.60. The lowest BCUT2D eigenvalue weighted by molar-refractivity contribution is -0.138. The summed E-state index contributed by atoms with van der Waals surface area (Å²) in [6.45, 7) is 5.75. The Labute approximate surface area is 159 Å². The van der Waals surface area contributed by atoms with Crippen LogP contribution in [0.25, 0.3) is 0 Å². The number of alkyl halides is 3. The average molecular weight is 385 g/mol. The highest BCUT2D eigenvalue weighted by atomic mass is 19.4. The number of urea groups is 1. The third-order valence-electron chi connectivity index (χ3n) is 5.01. The first-order chi connectivity index (χ1) is 12.7. The van der Waals surface area contributed by atoms with E-state index < -0.39 is 11.7 Å². The summed E-state index contributed by atoms with van der Waals surface area (Å²) in [5, 5.41) is 2.87. The van der Waals surface area contributed by atoms with Gasteiger partial charge in [0, 0.05) is 25.2 Å². The van der Waals surface area contributed by atoms with Crippen LogP contribution < -0.4 is 5.32 Å². The van der Waals surface area contributed by atoms with Crippen LogP contribution in [-0.2, 0) is 12.7 Å². The molecule has 0 aromatic heterocycles. The van der Waals surface area contributed by atoms with E-state index in [0.29, 0.717) is 12.6 Å². The zero-order chi connectivity index (χ0) is 20.0. The van der Waals surface area contributed by atoms with Gasteiger partial charge in [0.2, 0.25) is 0 Å². The molecule has 0 bridgehead atoms. The molecular weight excluding hydrogens is 355 g/mol. The van der Waals surface area contributed by atoms with Gasteiger partial charge < -0.3 is 15.1 Å². The standard InChI is InChI=1S/C20H30F3N3O/c1-15(2)25(3)13-7-6-12-24-19(27)26(17-10-11-17)14-16-8-4-5-9-18(16)20(21,22)23/h4-5,8-9,15,17H,6-7,10-14H2,1-3H3,(H,24,27). The summed E-state index contributed by atoms with van der Waals surface area (Å²) < 4.78 is 39.6. The van der Waals surface area contributed by atoms with Crippen molar-refractivity contribution in [2.45, 2.75) is 64.3 Å². The zero-order valence-electron chi connectivity index (χ0n) is 16.4. The van der Waals surface area contributed by atoms with Gasteiger partial charge in [0.05, 0.1) is 5.56 Å². The van der Waals surface area contributed by atoms with Gasteiger partial charge in [0.25, 0.3) is 0 Å². The third kappa shape index (κ3) is 6.72. The Kier molecular flexibility index (Phi) is 7.53. The molecular formula is C20H30F3N3O. The van der Waals surface area contributed by atoms with Crippen LogP contribution in [0.4, 0.5) is 18.0 Å². The average Bonchev–Trinajstić information content (AvgIpc) is 3.43. The van der Waals surface area contributed by atoms with Gasteiger partial charge in [0.1, 0.15) is 0 Å². The van der Waals surface area contributed by atoms with Crippen LogP contribution >= 0.6 is 0 Å². The molecule has 1 fully saturated rings. The molecule has 1 aromatic rings. The van der Waals surface area contributed by atoms with Crippen LogP contribution in [-0.4, -0.2) is 48.1 Å². The predicted molar refractivity (Wildman–Crippen MR) is 100 cm³/mol. The number of benzene rings is 1. The molecule has 0 radical (unpaired) electrons. The highest BCUT2D eigenvalue weighted by Gasteiger charge is 2.36. The summed E-state index contributed by atoms with van der Waals surface area (Å²) >= 11 is 0. The van der Waals surface area contributed by atoms with E-state index in [1.807, 2.05) is 0 Å². The van der Waals surface area contributed by atoms with Gasteiger partial charge in [0.15, 0.2) is 0 Å². The number of hydrogen-bond donors (Lipinski definition) is 1. The van der Waals surface area contributed by atoms with Crippen molar-refractivity contribution in [3.05, 3.63) is 35.4 Å². The van der Waals surface area contributed by atoms with Crippen molar-refractivity contribution >= 4 is 6.03 Å².